The van der Waals surface area contributed by atoms with Crippen molar-refractivity contribution < 1.29 is 4.74 Å². The molecule has 0 amide bonds. The first-order valence-electron chi connectivity index (χ1n) is 6.77. The lowest BCUT2D eigenvalue weighted by Crippen LogP contribution is -2.47. The molecule has 2 N–H and O–H groups in total. The first-order valence-corrected chi connectivity index (χ1v) is 6.77. The second-order valence-corrected chi connectivity index (χ2v) is 5.13. The van der Waals surface area contributed by atoms with E-state index < -0.39 is 0 Å². The summed E-state index contributed by atoms with van der Waals surface area (Å²) in [6.07, 6.45) is 1.05. The van der Waals surface area contributed by atoms with Gasteiger partial charge in [-0.1, -0.05) is 31.2 Å². The first-order chi connectivity index (χ1) is 8.69. The quantitative estimate of drug-likeness (QED) is 0.866. The highest BCUT2D eigenvalue weighted by atomic mass is 16.5. The highest BCUT2D eigenvalue weighted by Crippen LogP contribution is 2.33. The fraction of sp³-hybridized carbons (Fsp3) is 0.600. The first kappa shape index (κ1) is 13.5. The summed E-state index contributed by atoms with van der Waals surface area (Å²) in [5, 5.41) is 0. The van der Waals surface area contributed by atoms with Gasteiger partial charge in [0.1, 0.15) is 0 Å². The van der Waals surface area contributed by atoms with Crippen LogP contribution in [0.2, 0.25) is 0 Å². The summed E-state index contributed by atoms with van der Waals surface area (Å²) in [4.78, 5) is 2.47. The van der Waals surface area contributed by atoms with Crippen LogP contribution in [-0.2, 0) is 11.2 Å². The molecule has 1 aromatic rings. The van der Waals surface area contributed by atoms with E-state index in [4.69, 9.17) is 10.5 Å². The molecule has 0 aliphatic heterocycles. The fourth-order valence-corrected chi connectivity index (χ4v) is 3.14. The standard InChI is InChI=1S/C15H24N2O/c1-4-17(11(2)10-18-3)14-9-12-7-5-6-8-13(12)15(14)16/h5-8,11,14-15H,4,9-10,16H2,1-3H3. The Bertz CT molecular complexity index is 394. The molecule has 0 heterocycles. The van der Waals surface area contributed by atoms with Crippen molar-refractivity contribution in [3.8, 4) is 0 Å². The third-order valence-electron chi connectivity index (χ3n) is 4.02. The third kappa shape index (κ3) is 2.44. The minimum atomic E-state index is 0.125. The molecule has 100 valence electrons. The molecule has 18 heavy (non-hydrogen) atoms. The van der Waals surface area contributed by atoms with Crippen molar-refractivity contribution in [3.05, 3.63) is 35.4 Å². The Kier molecular flexibility index (Phi) is 4.38. The van der Waals surface area contributed by atoms with Gasteiger partial charge in [-0.15, -0.1) is 0 Å². The zero-order valence-corrected chi connectivity index (χ0v) is 11.6. The Morgan fingerprint density at radius 1 is 1.44 bits per heavy atom. The normalized spacial score (nSPS) is 24.3. The molecular weight excluding hydrogens is 224 g/mol. The van der Waals surface area contributed by atoms with Gasteiger partial charge in [0.15, 0.2) is 0 Å². The van der Waals surface area contributed by atoms with Gasteiger partial charge in [-0.3, -0.25) is 4.90 Å². The minimum absolute atomic E-state index is 0.125. The zero-order chi connectivity index (χ0) is 13.1. The van der Waals surface area contributed by atoms with Gasteiger partial charge >= 0.3 is 0 Å². The van der Waals surface area contributed by atoms with Crippen molar-refractivity contribution in [2.24, 2.45) is 5.73 Å². The number of fused-ring (bicyclic) bond motifs is 1. The summed E-state index contributed by atoms with van der Waals surface area (Å²) >= 11 is 0. The lowest BCUT2D eigenvalue weighted by atomic mass is 10.1. The van der Waals surface area contributed by atoms with E-state index in [0.717, 1.165) is 19.6 Å². The SMILES string of the molecule is CCN(C(C)COC)C1Cc2ccccc2C1N. The van der Waals surface area contributed by atoms with E-state index in [1.165, 1.54) is 11.1 Å². The number of nitrogens with zero attached hydrogens (tertiary/aromatic N) is 1. The van der Waals surface area contributed by atoms with E-state index in [2.05, 4.69) is 43.0 Å². The van der Waals surface area contributed by atoms with Gasteiger partial charge in [0.2, 0.25) is 0 Å². The lowest BCUT2D eigenvalue weighted by Gasteiger charge is -2.35. The Labute approximate surface area is 110 Å². The molecule has 1 aliphatic carbocycles. The molecule has 2 rings (SSSR count). The predicted octanol–water partition coefficient (Wildman–Crippen LogP) is 1.97. The summed E-state index contributed by atoms with van der Waals surface area (Å²) in [5.74, 6) is 0. The maximum atomic E-state index is 6.42. The van der Waals surface area contributed by atoms with Crippen molar-refractivity contribution >= 4 is 0 Å². The average Bonchev–Trinajstić information content (AvgIpc) is 2.69. The van der Waals surface area contributed by atoms with Crippen LogP contribution in [0, 0.1) is 0 Å². The Balaban J connectivity index is 2.15. The highest BCUT2D eigenvalue weighted by molar-refractivity contribution is 5.36. The van der Waals surface area contributed by atoms with Crippen LogP contribution >= 0.6 is 0 Å². The van der Waals surface area contributed by atoms with Crippen molar-refractivity contribution in [2.75, 3.05) is 20.3 Å². The molecular formula is C15H24N2O. The molecule has 3 heteroatoms. The van der Waals surface area contributed by atoms with Gasteiger partial charge in [0.05, 0.1) is 6.61 Å². The molecule has 0 spiro atoms. The largest absolute Gasteiger partial charge is 0.383 e. The maximum Gasteiger partial charge on any atom is 0.0615 e. The van der Waals surface area contributed by atoms with Gasteiger partial charge in [-0.2, -0.15) is 0 Å². The Morgan fingerprint density at radius 2 is 2.17 bits per heavy atom. The number of hydrogen-bond acceptors (Lipinski definition) is 3. The lowest BCUT2D eigenvalue weighted by molar-refractivity contribution is 0.0678. The van der Waals surface area contributed by atoms with E-state index in [9.17, 15) is 0 Å². The third-order valence-corrected chi connectivity index (χ3v) is 4.02. The number of rotatable bonds is 5. The average molecular weight is 248 g/mol. The van der Waals surface area contributed by atoms with Gasteiger partial charge in [-0.05, 0) is 31.0 Å². The zero-order valence-electron chi connectivity index (χ0n) is 11.6. The molecule has 3 unspecified atom stereocenters. The summed E-state index contributed by atoms with van der Waals surface area (Å²) in [5.41, 5.74) is 9.13. The Morgan fingerprint density at radius 3 is 2.78 bits per heavy atom. The smallest absolute Gasteiger partial charge is 0.0615 e. The minimum Gasteiger partial charge on any atom is -0.383 e. The van der Waals surface area contributed by atoms with Gasteiger partial charge in [0, 0.05) is 25.2 Å². The van der Waals surface area contributed by atoms with Crippen LogP contribution in [0.4, 0.5) is 0 Å². The number of methoxy groups -OCH3 is 1. The number of likely N-dealkylation sites (N-methyl/N-ethyl adjacent to an activating group) is 1. The molecule has 3 nitrogen and oxygen atoms in total. The van der Waals surface area contributed by atoms with Crippen LogP contribution in [-0.4, -0.2) is 37.2 Å². The molecule has 0 saturated heterocycles. The molecule has 0 bridgehead atoms. The van der Waals surface area contributed by atoms with E-state index in [0.29, 0.717) is 12.1 Å². The number of nitrogens with two attached hydrogens (primary N) is 1. The van der Waals surface area contributed by atoms with Crippen molar-refractivity contribution in [1.82, 2.24) is 4.90 Å². The van der Waals surface area contributed by atoms with Crippen molar-refractivity contribution in [3.63, 3.8) is 0 Å². The monoisotopic (exact) mass is 248 g/mol. The summed E-state index contributed by atoms with van der Waals surface area (Å²) in [6.45, 7) is 6.18. The molecule has 0 fully saturated rings. The predicted molar refractivity (Wildman–Crippen MR) is 74.6 cm³/mol. The van der Waals surface area contributed by atoms with E-state index in [-0.39, 0.29) is 6.04 Å². The van der Waals surface area contributed by atoms with Crippen molar-refractivity contribution in [2.45, 2.75) is 38.4 Å². The molecule has 0 radical (unpaired) electrons. The van der Waals surface area contributed by atoms with Crippen LogP contribution in [0.15, 0.2) is 24.3 Å². The fourth-order valence-electron chi connectivity index (χ4n) is 3.14. The van der Waals surface area contributed by atoms with E-state index >= 15 is 0 Å². The van der Waals surface area contributed by atoms with E-state index in [1.807, 2.05) is 0 Å². The molecule has 1 aromatic carbocycles. The molecule has 3 atom stereocenters. The highest BCUT2D eigenvalue weighted by Gasteiger charge is 2.34. The number of ether oxygens (including phenoxy) is 1. The van der Waals surface area contributed by atoms with Crippen LogP contribution in [0.3, 0.4) is 0 Å². The van der Waals surface area contributed by atoms with Crippen LogP contribution in [0.1, 0.15) is 31.0 Å². The van der Waals surface area contributed by atoms with Crippen LogP contribution in [0.5, 0.6) is 0 Å². The molecule has 1 aliphatic rings. The van der Waals surface area contributed by atoms with Gasteiger partial charge in [0.25, 0.3) is 0 Å². The Hall–Kier alpha value is -0.900. The second kappa shape index (κ2) is 5.83. The van der Waals surface area contributed by atoms with Crippen LogP contribution in [0.25, 0.3) is 0 Å². The molecule has 0 aromatic heterocycles. The number of hydrogen-bond donors (Lipinski definition) is 1. The number of benzene rings is 1. The van der Waals surface area contributed by atoms with E-state index in [1.54, 1.807) is 7.11 Å². The van der Waals surface area contributed by atoms with Gasteiger partial charge in [-0.25, -0.2) is 0 Å². The van der Waals surface area contributed by atoms with Crippen molar-refractivity contribution in [1.29, 1.82) is 0 Å². The molecule has 0 saturated carbocycles. The maximum absolute atomic E-state index is 6.42. The second-order valence-electron chi connectivity index (χ2n) is 5.13. The summed E-state index contributed by atoms with van der Waals surface area (Å²) in [6, 6.07) is 9.47. The van der Waals surface area contributed by atoms with Gasteiger partial charge < -0.3 is 10.5 Å². The van der Waals surface area contributed by atoms with Crippen LogP contribution < -0.4 is 5.73 Å². The summed E-state index contributed by atoms with van der Waals surface area (Å²) in [7, 11) is 1.76. The summed E-state index contributed by atoms with van der Waals surface area (Å²) < 4.78 is 5.28. The topological polar surface area (TPSA) is 38.5 Å².